The summed E-state index contributed by atoms with van der Waals surface area (Å²) in [7, 11) is 2.28. The predicted molar refractivity (Wildman–Crippen MR) is 109 cm³/mol. The van der Waals surface area contributed by atoms with Crippen LogP contribution in [0.25, 0.3) is 0 Å². The lowest BCUT2D eigenvalue weighted by molar-refractivity contribution is -1.02. The van der Waals surface area contributed by atoms with Gasteiger partial charge >= 0.3 is 0 Å². The summed E-state index contributed by atoms with van der Waals surface area (Å²) in [6, 6.07) is 6.45. The van der Waals surface area contributed by atoms with Gasteiger partial charge < -0.3 is 15.1 Å². The second-order valence-corrected chi connectivity index (χ2v) is 9.04. The number of quaternary nitrogens is 2. The van der Waals surface area contributed by atoms with Crippen molar-refractivity contribution in [3.05, 3.63) is 46.1 Å². The Morgan fingerprint density at radius 2 is 1.96 bits per heavy atom. The van der Waals surface area contributed by atoms with E-state index in [4.69, 9.17) is 4.98 Å². The zero-order valence-electron chi connectivity index (χ0n) is 16.3. The fourth-order valence-electron chi connectivity index (χ4n) is 4.54. The van der Waals surface area contributed by atoms with Crippen molar-refractivity contribution in [2.75, 3.05) is 38.5 Å². The summed E-state index contributed by atoms with van der Waals surface area (Å²) in [6.07, 6.45) is 6.67. The van der Waals surface area contributed by atoms with Crippen molar-refractivity contribution in [1.29, 1.82) is 0 Å². The van der Waals surface area contributed by atoms with E-state index in [1.807, 2.05) is 12.3 Å². The lowest BCUT2D eigenvalue weighted by Crippen LogP contribution is -3.27. The van der Waals surface area contributed by atoms with Crippen LogP contribution in [0.2, 0.25) is 0 Å². The highest BCUT2D eigenvalue weighted by molar-refractivity contribution is 7.16. The molecule has 2 aliphatic rings. The number of thiophene rings is 1. The molecule has 3 N–H and O–H groups in total. The van der Waals surface area contributed by atoms with Gasteiger partial charge in [0.1, 0.15) is 36.9 Å². The number of hydrogen-bond donors (Lipinski definition) is 3. The smallest absolute Gasteiger partial charge is 0.221 e. The van der Waals surface area contributed by atoms with Gasteiger partial charge in [0.05, 0.1) is 12.6 Å². The lowest BCUT2D eigenvalue weighted by atomic mass is 9.90. The molecule has 1 aliphatic heterocycles. The van der Waals surface area contributed by atoms with Gasteiger partial charge in [0, 0.05) is 18.0 Å². The Morgan fingerprint density at radius 1 is 1.19 bits per heavy atom. The molecule has 1 saturated heterocycles. The topological polar surface area (TPSA) is 50.9 Å². The van der Waals surface area contributed by atoms with E-state index in [2.05, 4.69) is 24.5 Å². The lowest BCUT2D eigenvalue weighted by Gasteiger charge is -2.34. The molecule has 27 heavy (non-hydrogen) atoms. The molecule has 1 fully saturated rings. The first-order valence-electron chi connectivity index (χ1n) is 10.1. The third-order valence-electron chi connectivity index (χ3n) is 5.93. The zero-order chi connectivity index (χ0) is 18.8. The molecule has 6 heteroatoms. The van der Waals surface area contributed by atoms with Crippen LogP contribution in [0.4, 0.5) is 5.00 Å². The third-order valence-corrected chi connectivity index (χ3v) is 7.15. The second kappa shape index (κ2) is 8.09. The van der Waals surface area contributed by atoms with Crippen LogP contribution in [0.5, 0.6) is 0 Å². The number of aromatic nitrogens is 1. The largest absolute Gasteiger partial charge is 0.328 e. The highest BCUT2D eigenvalue weighted by atomic mass is 32.1. The standard InChI is InChI=1S/C21H28N4OS/c1-15(26)23-21-19(16-7-3-4-9-18(16)27-21)20(17-8-5-6-10-22-17)25-13-11-24(2)12-14-25/h5-6,8,10,20H,3-4,7,9,11-14H2,1-2H3,(H,23,26)/p+2/t20-/m0/s1. The number of amides is 1. The Kier molecular flexibility index (Phi) is 5.57. The maximum absolute atomic E-state index is 11.9. The summed E-state index contributed by atoms with van der Waals surface area (Å²) >= 11 is 1.80. The maximum atomic E-state index is 11.9. The number of piperazine rings is 1. The number of aryl methyl sites for hydroxylation is 1. The molecule has 0 bridgehead atoms. The molecule has 1 aliphatic carbocycles. The van der Waals surface area contributed by atoms with Crippen LogP contribution in [0.1, 0.15) is 47.5 Å². The van der Waals surface area contributed by atoms with Crippen LogP contribution in [-0.2, 0) is 17.6 Å². The molecule has 5 nitrogen and oxygen atoms in total. The van der Waals surface area contributed by atoms with E-state index in [9.17, 15) is 4.79 Å². The number of carbonyl (C=O) groups is 1. The first kappa shape index (κ1) is 18.6. The number of pyridine rings is 1. The van der Waals surface area contributed by atoms with Crippen LogP contribution in [-0.4, -0.2) is 44.1 Å². The summed E-state index contributed by atoms with van der Waals surface area (Å²) in [5.74, 6) is 0.0208. The molecule has 0 saturated carbocycles. The number of nitrogens with one attached hydrogen (secondary N) is 3. The Labute approximate surface area is 165 Å². The Balaban J connectivity index is 1.82. The Bertz CT molecular complexity index is 796. The van der Waals surface area contributed by atoms with Gasteiger partial charge in [0.25, 0.3) is 0 Å². The fraction of sp³-hybridized carbons (Fsp3) is 0.524. The molecule has 3 heterocycles. The minimum Gasteiger partial charge on any atom is -0.328 e. The summed E-state index contributed by atoms with van der Waals surface area (Å²) in [4.78, 5) is 21.3. The summed E-state index contributed by atoms with van der Waals surface area (Å²) in [5, 5.41) is 4.22. The number of fused-ring (bicyclic) bond motifs is 1. The summed E-state index contributed by atoms with van der Waals surface area (Å²) in [5.41, 5.74) is 3.97. The normalized spacial score (nSPS) is 23.5. The predicted octanol–water partition coefficient (Wildman–Crippen LogP) is 0.483. The highest BCUT2D eigenvalue weighted by Crippen LogP contribution is 2.42. The molecule has 1 atom stereocenters. The van der Waals surface area contributed by atoms with Gasteiger partial charge in [-0.1, -0.05) is 6.07 Å². The van der Waals surface area contributed by atoms with E-state index < -0.39 is 0 Å². The molecular formula is C21H30N4OS+2. The molecule has 0 aromatic carbocycles. The van der Waals surface area contributed by atoms with Gasteiger partial charge in [-0.2, -0.15) is 0 Å². The maximum Gasteiger partial charge on any atom is 0.221 e. The van der Waals surface area contributed by atoms with Crippen LogP contribution in [0, 0.1) is 0 Å². The third kappa shape index (κ3) is 3.93. The van der Waals surface area contributed by atoms with Gasteiger partial charge in [-0.3, -0.25) is 9.78 Å². The Hall–Kier alpha value is -1.76. The highest BCUT2D eigenvalue weighted by Gasteiger charge is 2.37. The van der Waals surface area contributed by atoms with E-state index in [0.29, 0.717) is 0 Å². The minimum absolute atomic E-state index is 0.0208. The second-order valence-electron chi connectivity index (χ2n) is 7.94. The molecule has 4 rings (SSSR count). The molecule has 0 spiro atoms. The fourth-order valence-corrected chi connectivity index (χ4v) is 5.92. The first-order valence-corrected chi connectivity index (χ1v) is 10.9. The van der Waals surface area contributed by atoms with Crippen molar-refractivity contribution in [3.8, 4) is 0 Å². The molecule has 0 radical (unpaired) electrons. The van der Waals surface area contributed by atoms with Crippen molar-refractivity contribution < 1.29 is 14.6 Å². The van der Waals surface area contributed by atoms with Gasteiger partial charge in [0.15, 0.2) is 6.04 Å². The van der Waals surface area contributed by atoms with Crippen molar-refractivity contribution in [2.45, 2.75) is 38.6 Å². The number of carbonyl (C=O) groups excluding carboxylic acids is 1. The van der Waals surface area contributed by atoms with E-state index in [0.717, 1.165) is 36.6 Å². The average Bonchev–Trinajstić information content (AvgIpc) is 3.02. The van der Waals surface area contributed by atoms with Gasteiger partial charge in [-0.15, -0.1) is 11.3 Å². The Morgan fingerprint density at radius 3 is 2.67 bits per heavy atom. The molecular weight excluding hydrogens is 356 g/mol. The van der Waals surface area contributed by atoms with Gasteiger partial charge in [-0.25, -0.2) is 0 Å². The van der Waals surface area contributed by atoms with Crippen molar-refractivity contribution in [2.24, 2.45) is 0 Å². The van der Waals surface area contributed by atoms with Crippen molar-refractivity contribution >= 4 is 22.2 Å². The first-order chi connectivity index (χ1) is 13.1. The van der Waals surface area contributed by atoms with Crippen molar-refractivity contribution in [3.63, 3.8) is 0 Å². The molecule has 1 amide bonds. The molecule has 2 aromatic rings. The van der Waals surface area contributed by atoms with E-state index in [1.54, 1.807) is 28.1 Å². The van der Waals surface area contributed by atoms with Crippen LogP contribution in [0.3, 0.4) is 0 Å². The monoisotopic (exact) mass is 386 g/mol. The van der Waals surface area contributed by atoms with Crippen LogP contribution < -0.4 is 15.1 Å². The number of likely N-dealkylation sites (N-methyl/N-ethyl adjacent to an activating group) is 1. The van der Waals surface area contributed by atoms with E-state index in [-0.39, 0.29) is 11.9 Å². The molecule has 144 valence electrons. The van der Waals surface area contributed by atoms with Crippen LogP contribution in [0.15, 0.2) is 24.4 Å². The number of nitrogens with zero attached hydrogens (tertiary/aromatic N) is 1. The van der Waals surface area contributed by atoms with E-state index in [1.165, 1.54) is 41.9 Å². The number of rotatable bonds is 4. The SMILES string of the molecule is CC(=O)Nc1sc2c(c1[C@H](c1ccccn1)[NH+]1CC[NH+](C)CC1)CCCC2. The summed E-state index contributed by atoms with van der Waals surface area (Å²) in [6.45, 7) is 6.25. The number of hydrogen-bond acceptors (Lipinski definition) is 3. The molecule has 0 unspecified atom stereocenters. The van der Waals surface area contributed by atoms with Crippen LogP contribution >= 0.6 is 11.3 Å². The van der Waals surface area contributed by atoms with Crippen molar-refractivity contribution in [1.82, 2.24) is 4.98 Å². The summed E-state index contributed by atoms with van der Waals surface area (Å²) < 4.78 is 0. The zero-order valence-corrected chi connectivity index (χ0v) is 17.1. The number of anilines is 1. The average molecular weight is 387 g/mol. The van der Waals surface area contributed by atoms with Gasteiger partial charge in [-0.05, 0) is 43.4 Å². The molecule has 2 aromatic heterocycles. The minimum atomic E-state index is 0.0208. The quantitative estimate of drug-likeness (QED) is 0.716. The van der Waals surface area contributed by atoms with E-state index >= 15 is 0 Å². The van der Waals surface area contributed by atoms with Gasteiger partial charge in [0.2, 0.25) is 5.91 Å².